The number of aryl methyl sites for hydroxylation is 1. The van der Waals surface area contributed by atoms with Crippen LogP contribution < -0.4 is 26.2 Å². The first-order chi connectivity index (χ1) is 25.0. The van der Waals surface area contributed by atoms with Crippen LogP contribution in [0.25, 0.3) is 11.1 Å². The van der Waals surface area contributed by atoms with E-state index in [2.05, 4.69) is 171 Å². The second-order valence-corrected chi connectivity index (χ2v) is 20.2. The molecule has 5 aliphatic rings. The molecule has 3 heterocycles. The van der Waals surface area contributed by atoms with Crippen LogP contribution >= 0.6 is 0 Å². The first kappa shape index (κ1) is 33.3. The van der Waals surface area contributed by atoms with Gasteiger partial charge in [-0.2, -0.15) is 0 Å². The zero-order chi connectivity index (χ0) is 37.2. The van der Waals surface area contributed by atoms with Gasteiger partial charge in [0.15, 0.2) is 0 Å². The van der Waals surface area contributed by atoms with E-state index in [1.807, 2.05) is 0 Å². The number of rotatable bonds is 1. The van der Waals surface area contributed by atoms with Crippen molar-refractivity contribution in [2.24, 2.45) is 0 Å². The zero-order valence-electron chi connectivity index (χ0n) is 33.9. The molecule has 0 amide bonds. The van der Waals surface area contributed by atoms with Crippen LogP contribution in [0.15, 0.2) is 84.9 Å². The molecule has 2 atom stereocenters. The third-order valence-corrected chi connectivity index (χ3v) is 14.7. The lowest BCUT2D eigenvalue weighted by Crippen LogP contribution is -2.64. The third-order valence-electron chi connectivity index (χ3n) is 14.7. The van der Waals surface area contributed by atoms with Crippen molar-refractivity contribution in [2.75, 3.05) is 9.80 Å². The summed E-state index contributed by atoms with van der Waals surface area (Å²) in [6.07, 6.45) is 5.03. The monoisotopic (exact) mass is 694 g/mol. The largest absolute Gasteiger partial charge is 0.335 e. The van der Waals surface area contributed by atoms with Crippen molar-refractivity contribution >= 4 is 51.5 Å². The van der Waals surface area contributed by atoms with Crippen LogP contribution in [0.2, 0.25) is 0 Å². The fraction of sp³-hybridized carbons (Fsp3) is 0.400. The highest BCUT2D eigenvalue weighted by atomic mass is 15.3. The zero-order valence-corrected chi connectivity index (χ0v) is 33.9. The Kier molecular flexibility index (Phi) is 6.47. The third kappa shape index (κ3) is 4.12. The second kappa shape index (κ2) is 10.3. The van der Waals surface area contributed by atoms with E-state index in [9.17, 15) is 0 Å². The van der Waals surface area contributed by atoms with Crippen molar-refractivity contribution in [2.45, 2.75) is 129 Å². The average molecular weight is 695 g/mol. The van der Waals surface area contributed by atoms with Gasteiger partial charge >= 0.3 is 0 Å². The lowest BCUT2D eigenvalue weighted by atomic mass is 9.33. The van der Waals surface area contributed by atoms with E-state index in [0.29, 0.717) is 0 Å². The van der Waals surface area contributed by atoms with Crippen LogP contribution in [0.5, 0.6) is 0 Å². The highest BCUT2D eigenvalue weighted by Crippen LogP contribution is 2.63. The Bertz CT molecular complexity index is 2420. The molecule has 2 nitrogen and oxygen atoms in total. The van der Waals surface area contributed by atoms with Gasteiger partial charge in [-0.3, -0.25) is 0 Å². The molecule has 0 spiro atoms. The van der Waals surface area contributed by atoms with Gasteiger partial charge in [-0.1, -0.05) is 136 Å². The summed E-state index contributed by atoms with van der Waals surface area (Å²) in [5, 5.41) is 0. The highest BCUT2D eigenvalue weighted by Gasteiger charge is 2.61. The molecule has 2 aliphatic carbocycles. The number of anilines is 5. The van der Waals surface area contributed by atoms with E-state index in [-0.39, 0.29) is 33.9 Å². The molecule has 2 unspecified atom stereocenters. The van der Waals surface area contributed by atoms with E-state index in [4.69, 9.17) is 0 Å². The number of hydrogen-bond donors (Lipinski definition) is 0. The molecule has 1 saturated carbocycles. The van der Waals surface area contributed by atoms with E-state index in [0.717, 1.165) is 0 Å². The van der Waals surface area contributed by atoms with Crippen molar-refractivity contribution in [3.8, 4) is 11.1 Å². The smallest absolute Gasteiger partial charge is 0.252 e. The maximum Gasteiger partial charge on any atom is 0.252 e. The summed E-state index contributed by atoms with van der Waals surface area (Å²) in [7, 11) is 0. The summed E-state index contributed by atoms with van der Waals surface area (Å²) < 4.78 is 0. The first-order valence-corrected chi connectivity index (χ1v) is 20.3. The molecular weight excluding hydrogens is 639 g/mol. The van der Waals surface area contributed by atoms with E-state index in [1.165, 1.54) is 109 Å². The standard InChI is InChI=1S/C50H55BN2/c1-30-25-41-44-42(26-30)53-45-36(49(10)23-14-15-24-50(49,53)11)27-32(47(5,6)7)28-38(45)51(44)37-22-21-31(46(2,3)4)29-40(37)52(41)39-20-16-19-35-43(39)33-17-12-13-18-34(33)48(35,8)9/h12-13,16-22,25-29H,14-15,23-24H2,1-11H3. The SMILES string of the molecule is Cc1cc2c3c(c1)N1c4c(cc(C(C)(C)C)cc4C4(C)CCCCC14C)B3c1ccc(C(C)(C)C)cc1N2c1cccc2c1-c1ccccc1C2(C)C. The minimum atomic E-state index is -0.0728. The predicted octanol–water partition coefficient (Wildman–Crippen LogP) is 11.3. The summed E-state index contributed by atoms with van der Waals surface area (Å²) in [4.78, 5) is 5.58. The van der Waals surface area contributed by atoms with Crippen molar-refractivity contribution in [1.29, 1.82) is 0 Å². The van der Waals surface area contributed by atoms with Crippen LogP contribution in [0.3, 0.4) is 0 Å². The molecule has 53 heavy (non-hydrogen) atoms. The summed E-state index contributed by atoms with van der Waals surface area (Å²) in [5.41, 5.74) is 22.8. The second-order valence-electron chi connectivity index (χ2n) is 20.2. The normalized spacial score (nSPS) is 22.9. The van der Waals surface area contributed by atoms with Gasteiger partial charge in [0, 0.05) is 39.1 Å². The molecule has 3 aliphatic heterocycles. The van der Waals surface area contributed by atoms with Crippen LogP contribution in [0.4, 0.5) is 28.4 Å². The van der Waals surface area contributed by atoms with E-state index < -0.39 is 0 Å². The molecule has 0 N–H and O–H groups in total. The fourth-order valence-corrected chi connectivity index (χ4v) is 11.6. The fourth-order valence-electron chi connectivity index (χ4n) is 11.6. The average Bonchev–Trinajstić information content (AvgIpc) is 3.47. The topological polar surface area (TPSA) is 6.48 Å². The minimum absolute atomic E-state index is 0.00350. The number of hydrogen-bond acceptors (Lipinski definition) is 2. The van der Waals surface area contributed by atoms with Gasteiger partial charge in [0.05, 0.1) is 11.2 Å². The van der Waals surface area contributed by atoms with Crippen LogP contribution in [-0.2, 0) is 21.7 Å². The Morgan fingerprint density at radius 2 is 1.30 bits per heavy atom. The minimum Gasteiger partial charge on any atom is -0.335 e. The molecule has 0 radical (unpaired) electrons. The predicted molar refractivity (Wildman–Crippen MR) is 228 cm³/mol. The first-order valence-electron chi connectivity index (χ1n) is 20.3. The molecule has 5 aromatic rings. The lowest BCUT2D eigenvalue weighted by Gasteiger charge is -2.53. The molecular formula is C50H55BN2. The van der Waals surface area contributed by atoms with Gasteiger partial charge in [-0.15, -0.1) is 0 Å². The molecule has 0 bridgehead atoms. The molecule has 3 heteroatoms. The quantitative estimate of drug-likeness (QED) is 0.158. The van der Waals surface area contributed by atoms with Crippen LogP contribution in [-0.4, -0.2) is 12.3 Å². The van der Waals surface area contributed by atoms with Gasteiger partial charge in [0.1, 0.15) is 0 Å². The Labute approximate surface area is 318 Å². The summed E-state index contributed by atoms with van der Waals surface area (Å²) in [6.45, 7) is 26.8. The van der Waals surface area contributed by atoms with Gasteiger partial charge < -0.3 is 9.80 Å². The highest BCUT2D eigenvalue weighted by molar-refractivity contribution is 7.00. The van der Waals surface area contributed by atoms with Gasteiger partial charge in [0.2, 0.25) is 0 Å². The van der Waals surface area contributed by atoms with Crippen molar-refractivity contribution < 1.29 is 0 Å². The molecule has 0 aromatic heterocycles. The maximum atomic E-state index is 2.88. The van der Waals surface area contributed by atoms with Crippen molar-refractivity contribution in [1.82, 2.24) is 0 Å². The Morgan fingerprint density at radius 3 is 2.06 bits per heavy atom. The van der Waals surface area contributed by atoms with E-state index >= 15 is 0 Å². The molecule has 268 valence electrons. The Balaban J connectivity index is 1.35. The molecule has 5 aromatic carbocycles. The number of fused-ring (bicyclic) bond motifs is 10. The van der Waals surface area contributed by atoms with Gasteiger partial charge in [-0.25, -0.2) is 0 Å². The lowest BCUT2D eigenvalue weighted by molar-refractivity contribution is 0.195. The molecule has 1 fully saturated rings. The maximum absolute atomic E-state index is 2.88. The van der Waals surface area contributed by atoms with Crippen LogP contribution in [0.1, 0.15) is 128 Å². The molecule has 0 saturated heterocycles. The van der Waals surface area contributed by atoms with Gasteiger partial charge in [0.25, 0.3) is 6.71 Å². The summed E-state index contributed by atoms with van der Waals surface area (Å²) in [5.74, 6) is 0. The Morgan fingerprint density at radius 1 is 0.604 bits per heavy atom. The number of nitrogens with zero attached hydrogens (tertiary/aromatic N) is 2. The number of benzene rings is 5. The van der Waals surface area contributed by atoms with Crippen molar-refractivity contribution in [3.63, 3.8) is 0 Å². The summed E-state index contributed by atoms with van der Waals surface area (Å²) >= 11 is 0. The van der Waals surface area contributed by atoms with Gasteiger partial charge in [-0.05, 0) is 117 Å². The van der Waals surface area contributed by atoms with Crippen LogP contribution in [0, 0.1) is 6.92 Å². The molecule has 10 rings (SSSR count). The van der Waals surface area contributed by atoms with E-state index in [1.54, 1.807) is 5.56 Å². The Hall–Kier alpha value is -4.24. The van der Waals surface area contributed by atoms with Crippen molar-refractivity contribution in [3.05, 3.63) is 118 Å². The summed E-state index contributed by atoms with van der Waals surface area (Å²) in [6, 6.07) is 34.1.